The molecule has 3 atom stereocenters. The van der Waals surface area contributed by atoms with E-state index in [9.17, 15) is 34.9 Å². The van der Waals surface area contributed by atoms with Crippen LogP contribution in [0, 0.1) is 26.1 Å². The van der Waals surface area contributed by atoms with Gasteiger partial charge in [-0.3, -0.25) is 29.9 Å². The van der Waals surface area contributed by atoms with E-state index >= 15 is 0 Å². The normalized spacial score (nSPS) is 15.7. The fourth-order valence-corrected chi connectivity index (χ4v) is 13.9. The van der Waals surface area contributed by atoms with Gasteiger partial charge in [-0.15, -0.1) is 0 Å². The Morgan fingerprint density at radius 1 is 0.764 bits per heavy atom. The van der Waals surface area contributed by atoms with Crippen LogP contribution in [-0.2, 0) is 20.9 Å². The van der Waals surface area contributed by atoms with E-state index < -0.39 is 46.0 Å². The molecule has 1 aliphatic heterocycles. The molecule has 0 aromatic heterocycles. The van der Waals surface area contributed by atoms with Crippen LogP contribution in [0.5, 0.6) is 0 Å². The van der Waals surface area contributed by atoms with Gasteiger partial charge in [-0.05, 0) is 84.5 Å². The number of β-lactam (4-membered cyclic amide) rings is 1. The molecule has 1 saturated heterocycles. The van der Waals surface area contributed by atoms with E-state index in [0.29, 0.717) is 16.7 Å². The molecule has 11 nitrogen and oxygen atoms in total. The van der Waals surface area contributed by atoms with Gasteiger partial charge in [0.25, 0.3) is 11.4 Å². The van der Waals surface area contributed by atoms with Gasteiger partial charge in [0.05, 0.1) is 21.9 Å². The van der Waals surface area contributed by atoms with Crippen LogP contribution in [-0.4, -0.2) is 47.8 Å². The number of benzene rings is 5. The van der Waals surface area contributed by atoms with Crippen molar-refractivity contribution >= 4 is 62.4 Å². The smallest absolute Gasteiger partial charge is 0.355 e. The molecular formula is C42H38N3O8PS. The number of likely N-dealkylation sites (tertiary alicyclic amines) is 1. The van der Waals surface area contributed by atoms with Crippen molar-refractivity contribution in [2.75, 3.05) is 0 Å². The van der Waals surface area contributed by atoms with E-state index in [2.05, 4.69) is 36.4 Å². The van der Waals surface area contributed by atoms with E-state index in [1.165, 1.54) is 53.1 Å². The van der Waals surface area contributed by atoms with Crippen molar-refractivity contribution < 1.29 is 29.3 Å². The largest absolute Gasteiger partial charge is 0.456 e. The number of allylic oxidation sites excluding steroid dienone is 1. The number of hydrogen-bond donors (Lipinski definition) is 1. The fourth-order valence-electron chi connectivity index (χ4n) is 6.70. The predicted octanol–water partition coefficient (Wildman–Crippen LogP) is 6.91. The molecule has 55 heavy (non-hydrogen) atoms. The van der Waals surface area contributed by atoms with Gasteiger partial charge in [0.1, 0.15) is 17.7 Å². The van der Waals surface area contributed by atoms with Gasteiger partial charge >= 0.3 is 5.97 Å². The molecule has 1 fully saturated rings. The number of nitro groups is 2. The highest BCUT2D eigenvalue weighted by atomic mass is 32.2. The molecular weight excluding hydrogens is 738 g/mol. The molecule has 6 rings (SSSR count). The molecule has 5 aromatic rings. The first-order chi connectivity index (χ1) is 26.4. The number of hydrogen-bond acceptors (Lipinski definition) is 9. The number of nitro benzene ring substituents is 2. The number of esters is 1. The van der Waals surface area contributed by atoms with Crippen LogP contribution < -0.4 is 15.9 Å². The summed E-state index contributed by atoms with van der Waals surface area (Å²) in [5, 5.41) is 36.2. The van der Waals surface area contributed by atoms with Crippen LogP contribution in [0.3, 0.4) is 0 Å². The molecule has 280 valence electrons. The van der Waals surface area contributed by atoms with E-state index in [1.54, 1.807) is 32.9 Å². The zero-order valence-electron chi connectivity index (χ0n) is 30.2. The zero-order chi connectivity index (χ0) is 39.3. The maximum atomic E-state index is 14.1. The van der Waals surface area contributed by atoms with Gasteiger partial charge in [0.2, 0.25) is 5.91 Å². The highest BCUT2D eigenvalue weighted by molar-refractivity contribution is 8.26. The number of thioether (sulfide) groups is 1. The first-order valence-corrected chi connectivity index (χ1v) is 20.1. The van der Waals surface area contributed by atoms with Crippen LogP contribution in [0.4, 0.5) is 11.4 Å². The average molecular weight is 776 g/mol. The van der Waals surface area contributed by atoms with Gasteiger partial charge in [0, 0.05) is 28.9 Å². The van der Waals surface area contributed by atoms with E-state index in [4.69, 9.17) is 4.74 Å². The Labute approximate surface area is 322 Å². The molecule has 1 aliphatic rings. The van der Waals surface area contributed by atoms with Gasteiger partial charge in [-0.2, -0.15) is 0 Å². The van der Waals surface area contributed by atoms with Crippen LogP contribution in [0.1, 0.15) is 31.9 Å². The SMILES string of the molecule is CC(C)=C(C(=O)OCc1ccc([N+](=O)[O-])cc1)N1C(=O)[C@@H]([C@@H](C)O)[C@H]1SC(c1ccc([N+](=O)[O-])cc1)=P(c1ccccc1)(c1ccccc1)c1ccccc1. The summed E-state index contributed by atoms with van der Waals surface area (Å²) >= 11 is 1.36. The minimum atomic E-state index is -2.89. The third-order valence-corrected chi connectivity index (χ3v) is 15.7. The lowest BCUT2D eigenvalue weighted by atomic mass is 9.91. The van der Waals surface area contributed by atoms with Crippen molar-refractivity contribution in [3.8, 4) is 0 Å². The summed E-state index contributed by atoms with van der Waals surface area (Å²) in [4.78, 5) is 51.4. The van der Waals surface area contributed by atoms with Gasteiger partial charge < -0.3 is 9.84 Å². The highest BCUT2D eigenvalue weighted by Gasteiger charge is 2.54. The molecule has 0 radical (unpaired) electrons. The number of carbonyl (C=O) groups is 2. The van der Waals surface area contributed by atoms with Crippen molar-refractivity contribution in [1.29, 1.82) is 0 Å². The lowest BCUT2D eigenvalue weighted by Crippen LogP contribution is -2.63. The van der Waals surface area contributed by atoms with Crippen molar-refractivity contribution in [2.24, 2.45) is 5.92 Å². The number of non-ortho nitro benzene ring substituents is 2. The molecule has 0 unspecified atom stereocenters. The molecule has 5 aromatic carbocycles. The Kier molecular flexibility index (Phi) is 11.8. The minimum Gasteiger partial charge on any atom is -0.456 e. The summed E-state index contributed by atoms with van der Waals surface area (Å²) in [5.74, 6) is -2.14. The Balaban J connectivity index is 1.56. The second-order valence-corrected chi connectivity index (χ2v) is 17.9. The number of nitrogens with zero attached hydrogens (tertiary/aromatic N) is 3. The first kappa shape index (κ1) is 38.9. The lowest BCUT2D eigenvalue weighted by Gasteiger charge is -2.49. The fraction of sp³-hybridized carbons (Fsp3) is 0.167. The number of aliphatic hydroxyl groups is 1. The summed E-state index contributed by atoms with van der Waals surface area (Å²) in [6.45, 7) is 1.85. The first-order valence-electron chi connectivity index (χ1n) is 17.4. The molecule has 0 saturated carbocycles. The summed E-state index contributed by atoms with van der Waals surface area (Å²) in [6, 6.07) is 42.0. The number of amides is 1. The second kappa shape index (κ2) is 16.7. The van der Waals surface area contributed by atoms with Crippen LogP contribution in [0.25, 0.3) is 0 Å². The van der Waals surface area contributed by atoms with Crippen LogP contribution >= 0.6 is 18.6 Å². The number of carbonyl (C=O) groups excluding carboxylic acids is 2. The number of ether oxygens (including phenoxy) is 1. The Morgan fingerprint density at radius 3 is 1.60 bits per heavy atom. The van der Waals surface area contributed by atoms with Gasteiger partial charge in [-0.1, -0.05) is 103 Å². The zero-order valence-corrected chi connectivity index (χ0v) is 31.9. The molecule has 0 aliphatic carbocycles. The van der Waals surface area contributed by atoms with E-state index in [1.807, 2.05) is 54.6 Å². The molecule has 13 heteroatoms. The Bertz CT molecular complexity index is 2190. The van der Waals surface area contributed by atoms with Gasteiger partial charge in [-0.25, -0.2) is 4.79 Å². The number of aliphatic hydroxyl groups excluding tert-OH is 1. The Morgan fingerprint density at radius 2 is 1.20 bits per heavy atom. The summed E-state index contributed by atoms with van der Waals surface area (Å²) < 4.78 is 6.52. The third kappa shape index (κ3) is 7.75. The van der Waals surface area contributed by atoms with Crippen molar-refractivity contribution in [3.63, 3.8) is 0 Å². The van der Waals surface area contributed by atoms with Crippen molar-refractivity contribution in [3.05, 3.63) is 182 Å². The monoisotopic (exact) mass is 775 g/mol. The Hall–Kier alpha value is -5.81. The molecule has 1 amide bonds. The van der Waals surface area contributed by atoms with E-state index in [-0.39, 0.29) is 23.7 Å². The summed E-state index contributed by atoms with van der Waals surface area (Å²) in [7, 11) is 0. The quantitative estimate of drug-likeness (QED) is 0.0336. The maximum absolute atomic E-state index is 14.1. The number of rotatable bonds is 13. The topological polar surface area (TPSA) is 153 Å². The average Bonchev–Trinajstić information content (AvgIpc) is 3.19. The third-order valence-electron chi connectivity index (χ3n) is 9.32. The predicted molar refractivity (Wildman–Crippen MR) is 217 cm³/mol. The summed E-state index contributed by atoms with van der Waals surface area (Å²) in [6.07, 6.45) is -1.09. The van der Waals surface area contributed by atoms with Crippen molar-refractivity contribution in [2.45, 2.75) is 38.9 Å². The van der Waals surface area contributed by atoms with E-state index in [0.717, 1.165) is 20.5 Å². The van der Waals surface area contributed by atoms with Gasteiger partial charge in [0.15, 0.2) is 0 Å². The molecule has 0 spiro atoms. The van der Waals surface area contributed by atoms with Crippen LogP contribution in [0.15, 0.2) is 151 Å². The standard InChI is InChI=1S/C42H38N3O8PS/c1-28(2)38(41(48)53-27-30-19-23-32(24-20-30)44(49)50)43-39(47)37(29(3)46)40(43)55-42(31-21-25-33(26-22-31)45(51)52)54(34-13-7-4-8-14-34,35-15-9-5-10-16-35)36-17-11-6-12-18-36/h4-26,29,37,40,46H,27H2,1-3H3/t29-,37-,40-/m1/s1. The second-order valence-electron chi connectivity index (χ2n) is 13.1. The summed E-state index contributed by atoms with van der Waals surface area (Å²) in [5.41, 5.74) is 1.54. The maximum Gasteiger partial charge on any atom is 0.355 e. The minimum absolute atomic E-state index is 0.0208. The van der Waals surface area contributed by atoms with Crippen LogP contribution in [0.2, 0.25) is 0 Å². The molecule has 0 bridgehead atoms. The lowest BCUT2D eigenvalue weighted by molar-refractivity contribution is -0.385. The highest BCUT2D eigenvalue weighted by Crippen LogP contribution is 2.54. The molecule has 1 N–H and O–H groups in total. The van der Waals surface area contributed by atoms with Crippen molar-refractivity contribution in [1.82, 2.24) is 4.90 Å². The molecule has 1 heterocycles.